The van der Waals surface area contributed by atoms with E-state index in [0.29, 0.717) is 27.8 Å². The van der Waals surface area contributed by atoms with Crippen molar-refractivity contribution in [1.29, 1.82) is 0 Å². The van der Waals surface area contributed by atoms with Crippen LogP contribution in [0, 0.1) is 13.8 Å². The lowest BCUT2D eigenvalue weighted by Gasteiger charge is -2.22. The Balaban J connectivity index is 1.75. The van der Waals surface area contributed by atoms with Gasteiger partial charge in [0, 0.05) is 11.1 Å². The molecule has 0 amide bonds. The van der Waals surface area contributed by atoms with E-state index in [9.17, 15) is 18.8 Å². The first-order valence-corrected chi connectivity index (χ1v) is 11.7. The summed E-state index contributed by atoms with van der Waals surface area (Å²) in [6, 6.07) is 19.0. The summed E-state index contributed by atoms with van der Waals surface area (Å²) in [5.41, 5.74) is 9.36. The first-order valence-electron chi connectivity index (χ1n) is 10.2. The van der Waals surface area contributed by atoms with Crippen LogP contribution in [0.25, 0.3) is 10.8 Å². The summed E-state index contributed by atoms with van der Waals surface area (Å²) < 4.78 is 29.8. The van der Waals surface area contributed by atoms with Gasteiger partial charge in [0.25, 0.3) is 0 Å². The Morgan fingerprint density at radius 1 is 0.735 bits per heavy atom. The van der Waals surface area contributed by atoms with Crippen molar-refractivity contribution in [2.75, 3.05) is 5.73 Å². The van der Waals surface area contributed by atoms with Crippen LogP contribution < -0.4 is 5.73 Å². The van der Waals surface area contributed by atoms with E-state index in [0.717, 1.165) is 16.8 Å². The fourth-order valence-electron chi connectivity index (χ4n) is 3.38. The third-order valence-corrected chi connectivity index (χ3v) is 6.07. The Morgan fingerprint density at radius 3 is 1.97 bits per heavy atom. The van der Waals surface area contributed by atoms with Crippen molar-refractivity contribution in [3.63, 3.8) is 0 Å². The number of aryl methyl sites for hydroxylation is 2. The molecule has 9 nitrogen and oxygen atoms in total. The third kappa shape index (κ3) is 4.90. The highest BCUT2D eigenvalue weighted by Gasteiger charge is 2.25. The zero-order valence-corrected chi connectivity index (χ0v) is 19.2. The van der Waals surface area contributed by atoms with Gasteiger partial charge in [0.2, 0.25) is 0 Å². The summed E-state index contributed by atoms with van der Waals surface area (Å²) in [6.07, 6.45) is 0. The van der Waals surface area contributed by atoms with Crippen LogP contribution in [0.3, 0.4) is 0 Å². The predicted molar refractivity (Wildman–Crippen MR) is 134 cm³/mol. The molecule has 0 aromatic heterocycles. The molecule has 0 aliphatic heterocycles. The number of nitrogens with two attached hydrogens (primary N) is 1. The molecule has 0 bridgehead atoms. The topological polar surface area (TPSA) is 156 Å². The van der Waals surface area contributed by atoms with E-state index >= 15 is 0 Å². The van der Waals surface area contributed by atoms with Crippen molar-refractivity contribution >= 4 is 50.1 Å². The second-order valence-electron chi connectivity index (χ2n) is 7.73. The molecule has 0 atom stereocenters. The van der Waals surface area contributed by atoms with Crippen LogP contribution in [0.1, 0.15) is 11.1 Å². The fourth-order valence-corrected chi connectivity index (χ4v) is 4.06. The maximum Gasteiger partial charge on any atom is 0.152 e. The molecule has 0 aliphatic carbocycles. The van der Waals surface area contributed by atoms with Gasteiger partial charge >= 0.3 is 0 Å². The van der Waals surface area contributed by atoms with Crippen molar-refractivity contribution in [2.24, 2.45) is 20.5 Å². The van der Waals surface area contributed by atoms with Crippen molar-refractivity contribution < 1.29 is 18.8 Å². The molecule has 0 unspecified atom stereocenters. The lowest BCUT2D eigenvalue weighted by atomic mass is 10.1. The summed E-state index contributed by atoms with van der Waals surface area (Å²) >= 11 is 0. The van der Waals surface area contributed by atoms with Gasteiger partial charge in [0.15, 0.2) is 5.75 Å². The number of nitrogens with zero attached hydrogens (tertiary/aromatic N) is 4. The molecule has 0 radical (unpaired) electrons. The average Bonchev–Trinajstić information content (AvgIpc) is 2.79. The molecule has 0 aliphatic rings. The van der Waals surface area contributed by atoms with Crippen LogP contribution in [-0.4, -0.2) is 18.8 Å². The van der Waals surface area contributed by atoms with Crippen molar-refractivity contribution in [1.82, 2.24) is 0 Å². The summed E-state index contributed by atoms with van der Waals surface area (Å²) in [6.45, 7) is 3.67. The monoisotopic (exact) mass is 477 g/mol. The van der Waals surface area contributed by atoms with E-state index < -0.39 is 10.9 Å². The Bertz CT molecular complexity index is 1430. The number of anilines is 1. The van der Waals surface area contributed by atoms with E-state index in [1.807, 2.05) is 44.2 Å². The lowest BCUT2D eigenvalue weighted by molar-refractivity contribution is 0.375. The number of nitrogen functional groups attached to an aromatic ring is 1. The molecule has 6 N–H and O–H groups in total. The maximum atomic E-state index is 10.8. The molecule has 4 aromatic carbocycles. The predicted octanol–water partition coefficient (Wildman–Crippen LogP) is 8.16. The zero-order valence-electron chi connectivity index (χ0n) is 18.4. The molecule has 0 spiro atoms. The fraction of sp³-hybridized carbons (Fsp3) is 0.0833. The molecule has 0 heterocycles. The average molecular weight is 478 g/mol. The van der Waals surface area contributed by atoms with Gasteiger partial charge in [-0.3, -0.25) is 0 Å². The molecular formula is C24H23N5O4S. The van der Waals surface area contributed by atoms with Crippen molar-refractivity contribution in [3.8, 4) is 5.75 Å². The standard InChI is InChI=1S/C24H23N5O4S/c1-14-11-21(15(2)10-20(14)27-26-18-6-4-3-5-7-18)28-29-23-22(34(31,32)33)12-16-8-9-17(25)13-19(16)24(23)30/h3-13,30-33H,25H2,1-2H3. The van der Waals surface area contributed by atoms with Crippen LogP contribution in [0.4, 0.5) is 28.4 Å². The number of phenolic OH excluding ortho intramolecular Hbond substituents is 1. The van der Waals surface area contributed by atoms with Crippen molar-refractivity contribution in [3.05, 3.63) is 77.9 Å². The highest BCUT2D eigenvalue weighted by Crippen LogP contribution is 2.54. The lowest BCUT2D eigenvalue weighted by Crippen LogP contribution is -1.97. The van der Waals surface area contributed by atoms with Gasteiger partial charge < -0.3 is 24.5 Å². The van der Waals surface area contributed by atoms with Crippen LogP contribution in [0.15, 0.2) is 92.1 Å². The van der Waals surface area contributed by atoms with Gasteiger partial charge in [-0.05, 0) is 72.8 Å². The van der Waals surface area contributed by atoms with Gasteiger partial charge in [-0.1, -0.05) is 24.3 Å². The molecule has 0 fully saturated rings. The molecular weight excluding hydrogens is 454 g/mol. The molecule has 4 aromatic rings. The third-order valence-electron chi connectivity index (χ3n) is 5.17. The summed E-state index contributed by atoms with van der Waals surface area (Å²) in [5, 5.41) is 28.4. The first-order chi connectivity index (χ1) is 16.1. The van der Waals surface area contributed by atoms with E-state index in [2.05, 4.69) is 20.5 Å². The number of rotatable bonds is 5. The highest BCUT2D eigenvalue weighted by atomic mass is 32.3. The van der Waals surface area contributed by atoms with Crippen LogP contribution >= 0.6 is 10.9 Å². The number of benzene rings is 4. The van der Waals surface area contributed by atoms with Crippen LogP contribution in [-0.2, 0) is 0 Å². The minimum Gasteiger partial charge on any atom is -0.505 e. The minimum atomic E-state index is -4.19. The van der Waals surface area contributed by atoms with E-state index in [-0.39, 0.29) is 16.3 Å². The Hall–Kier alpha value is -3.83. The Labute approximate surface area is 197 Å². The molecule has 174 valence electrons. The normalized spacial score (nSPS) is 12.7. The molecule has 4 rings (SSSR count). The summed E-state index contributed by atoms with van der Waals surface area (Å²) in [7, 11) is -4.19. The quantitative estimate of drug-likeness (QED) is 0.145. The Morgan fingerprint density at radius 2 is 1.35 bits per heavy atom. The first kappa shape index (κ1) is 23.3. The summed E-state index contributed by atoms with van der Waals surface area (Å²) in [4.78, 5) is -0.339. The smallest absolute Gasteiger partial charge is 0.152 e. The van der Waals surface area contributed by atoms with Gasteiger partial charge in [0.1, 0.15) is 16.6 Å². The Kier molecular flexibility index (Phi) is 6.31. The van der Waals surface area contributed by atoms with Crippen LogP contribution in [0.2, 0.25) is 0 Å². The van der Waals surface area contributed by atoms with E-state index in [4.69, 9.17) is 5.73 Å². The van der Waals surface area contributed by atoms with Gasteiger partial charge in [-0.2, -0.15) is 15.3 Å². The number of phenols is 1. The number of fused-ring (bicyclic) bond motifs is 1. The summed E-state index contributed by atoms with van der Waals surface area (Å²) in [5.74, 6) is -0.375. The SMILES string of the molecule is Cc1cc(N=Nc2c(S(O)(O)O)cc3ccc(N)cc3c2O)c(C)cc1N=Nc1ccccc1. The number of azo groups is 2. The minimum absolute atomic E-state index is 0.259. The molecule has 10 heteroatoms. The number of hydrogen-bond donors (Lipinski definition) is 5. The van der Waals surface area contributed by atoms with E-state index in [1.165, 1.54) is 12.1 Å². The number of hydrogen-bond acceptors (Lipinski definition) is 9. The van der Waals surface area contributed by atoms with Gasteiger partial charge in [0.05, 0.1) is 22.0 Å². The second-order valence-corrected chi connectivity index (χ2v) is 9.21. The number of aromatic hydroxyl groups is 1. The van der Waals surface area contributed by atoms with Gasteiger partial charge in [-0.25, -0.2) is 0 Å². The molecule has 34 heavy (non-hydrogen) atoms. The largest absolute Gasteiger partial charge is 0.505 e. The van der Waals surface area contributed by atoms with E-state index in [1.54, 1.807) is 24.3 Å². The maximum absolute atomic E-state index is 10.8. The highest BCUT2D eigenvalue weighted by molar-refractivity contribution is 8.19. The molecule has 0 saturated carbocycles. The zero-order chi connectivity index (χ0) is 24.5. The van der Waals surface area contributed by atoms with Crippen LogP contribution in [0.5, 0.6) is 5.75 Å². The molecule has 0 saturated heterocycles. The van der Waals surface area contributed by atoms with Crippen molar-refractivity contribution in [2.45, 2.75) is 18.7 Å². The second kappa shape index (κ2) is 9.20. The van der Waals surface area contributed by atoms with Gasteiger partial charge in [-0.15, -0.1) is 5.11 Å².